The van der Waals surface area contributed by atoms with Crippen molar-refractivity contribution in [2.45, 2.75) is 25.2 Å². The molecule has 0 radical (unpaired) electrons. The molecule has 3 nitrogen and oxygen atoms in total. The molecule has 70 valence electrons. The molecule has 0 atom stereocenters. The second-order valence-electron chi connectivity index (χ2n) is 3.30. The molecule has 0 aliphatic heterocycles. The van der Waals surface area contributed by atoms with E-state index in [1.165, 1.54) is 12.7 Å². The molecule has 0 aromatic carbocycles. The van der Waals surface area contributed by atoms with E-state index in [0.29, 0.717) is 17.4 Å². The average Bonchev–Trinajstić information content (AvgIpc) is 2.05. The van der Waals surface area contributed by atoms with Crippen LogP contribution in [0.15, 0.2) is 6.33 Å². The summed E-state index contributed by atoms with van der Waals surface area (Å²) >= 11 is 0. The smallest absolute Gasteiger partial charge is 0.187 e. The lowest BCUT2D eigenvalue weighted by Crippen LogP contribution is -2.14. The van der Waals surface area contributed by atoms with Crippen LogP contribution in [0.1, 0.15) is 30.9 Å². The maximum atomic E-state index is 13.6. The van der Waals surface area contributed by atoms with Gasteiger partial charge in [0, 0.05) is 13.0 Å². The van der Waals surface area contributed by atoms with Crippen molar-refractivity contribution in [3.8, 4) is 0 Å². The Morgan fingerprint density at radius 3 is 2.77 bits per heavy atom. The maximum Gasteiger partial charge on any atom is 0.187 e. The van der Waals surface area contributed by atoms with Crippen LogP contribution in [0.4, 0.5) is 10.2 Å². The summed E-state index contributed by atoms with van der Waals surface area (Å²) in [6, 6.07) is 0. The summed E-state index contributed by atoms with van der Waals surface area (Å²) < 4.78 is 13.6. The van der Waals surface area contributed by atoms with Crippen LogP contribution in [-0.2, 0) is 0 Å². The van der Waals surface area contributed by atoms with Gasteiger partial charge in [-0.25, -0.2) is 14.4 Å². The van der Waals surface area contributed by atoms with Gasteiger partial charge in [-0.05, 0) is 12.8 Å². The molecule has 13 heavy (non-hydrogen) atoms. The third-order valence-electron chi connectivity index (χ3n) is 2.55. The number of anilines is 1. The fourth-order valence-electron chi connectivity index (χ4n) is 1.52. The highest BCUT2D eigenvalue weighted by Crippen LogP contribution is 2.37. The molecule has 0 saturated heterocycles. The summed E-state index contributed by atoms with van der Waals surface area (Å²) in [5.74, 6) is 0.335. The predicted octanol–water partition coefficient (Wildman–Crippen LogP) is 1.92. The van der Waals surface area contributed by atoms with Crippen LogP contribution in [0.5, 0.6) is 0 Å². The number of nitrogens with zero attached hydrogens (tertiary/aromatic N) is 2. The van der Waals surface area contributed by atoms with Crippen molar-refractivity contribution in [1.29, 1.82) is 0 Å². The Morgan fingerprint density at radius 2 is 2.23 bits per heavy atom. The first kappa shape index (κ1) is 8.41. The lowest BCUT2D eigenvalue weighted by atomic mass is 9.82. The van der Waals surface area contributed by atoms with E-state index in [9.17, 15) is 4.39 Å². The van der Waals surface area contributed by atoms with Crippen molar-refractivity contribution >= 4 is 5.82 Å². The molecule has 0 unspecified atom stereocenters. The van der Waals surface area contributed by atoms with E-state index in [1.807, 2.05) is 0 Å². The van der Waals surface area contributed by atoms with Crippen LogP contribution in [0, 0.1) is 5.82 Å². The second-order valence-corrected chi connectivity index (χ2v) is 3.30. The van der Waals surface area contributed by atoms with E-state index in [-0.39, 0.29) is 5.82 Å². The van der Waals surface area contributed by atoms with E-state index >= 15 is 0 Å². The summed E-state index contributed by atoms with van der Waals surface area (Å²) in [5.41, 5.74) is 0.575. The normalized spacial score (nSPS) is 16.8. The van der Waals surface area contributed by atoms with Crippen molar-refractivity contribution in [2.75, 3.05) is 12.4 Å². The SMILES string of the molecule is CNc1ncnc(C2CCC2)c1F. The van der Waals surface area contributed by atoms with Crippen molar-refractivity contribution < 1.29 is 4.39 Å². The van der Waals surface area contributed by atoms with Crippen LogP contribution in [0.2, 0.25) is 0 Å². The Kier molecular flexibility index (Phi) is 2.12. The van der Waals surface area contributed by atoms with Gasteiger partial charge in [0.2, 0.25) is 0 Å². The summed E-state index contributed by atoms with van der Waals surface area (Å²) in [7, 11) is 1.66. The van der Waals surface area contributed by atoms with Crippen molar-refractivity contribution in [3.05, 3.63) is 17.8 Å². The lowest BCUT2D eigenvalue weighted by Gasteiger charge is -2.25. The standard InChI is InChI=1S/C9H12FN3/c1-11-9-7(10)8(12-5-13-9)6-3-2-4-6/h5-6H,2-4H2,1H3,(H,11,12,13). The molecule has 1 saturated carbocycles. The zero-order valence-corrected chi connectivity index (χ0v) is 7.55. The van der Waals surface area contributed by atoms with Crippen molar-refractivity contribution in [2.24, 2.45) is 0 Å². The van der Waals surface area contributed by atoms with Gasteiger partial charge in [-0.2, -0.15) is 0 Å². The zero-order chi connectivity index (χ0) is 9.26. The third-order valence-corrected chi connectivity index (χ3v) is 2.55. The van der Waals surface area contributed by atoms with Gasteiger partial charge in [0.1, 0.15) is 6.33 Å². The molecule has 1 aliphatic rings. The van der Waals surface area contributed by atoms with Gasteiger partial charge in [0.05, 0.1) is 5.69 Å². The fraction of sp³-hybridized carbons (Fsp3) is 0.556. The molecule has 0 spiro atoms. The molecule has 1 fully saturated rings. The minimum absolute atomic E-state index is 0.283. The molecular weight excluding hydrogens is 169 g/mol. The molecule has 1 aromatic rings. The van der Waals surface area contributed by atoms with E-state index in [1.54, 1.807) is 7.05 Å². The van der Waals surface area contributed by atoms with Gasteiger partial charge < -0.3 is 5.32 Å². The maximum absolute atomic E-state index is 13.6. The lowest BCUT2D eigenvalue weighted by molar-refractivity contribution is 0.393. The highest BCUT2D eigenvalue weighted by molar-refractivity contribution is 5.37. The summed E-state index contributed by atoms with van der Waals surface area (Å²) in [5, 5.41) is 2.71. The van der Waals surface area contributed by atoms with Crippen molar-refractivity contribution in [1.82, 2.24) is 9.97 Å². The number of rotatable bonds is 2. The van der Waals surface area contributed by atoms with Gasteiger partial charge in [-0.1, -0.05) is 6.42 Å². The van der Waals surface area contributed by atoms with Crippen LogP contribution in [-0.4, -0.2) is 17.0 Å². The average molecular weight is 181 g/mol. The first-order valence-corrected chi connectivity index (χ1v) is 4.51. The van der Waals surface area contributed by atoms with E-state index in [2.05, 4.69) is 15.3 Å². The first-order chi connectivity index (χ1) is 6.33. The number of nitrogens with one attached hydrogen (secondary N) is 1. The van der Waals surface area contributed by atoms with Crippen molar-refractivity contribution in [3.63, 3.8) is 0 Å². The van der Waals surface area contributed by atoms with Crippen LogP contribution in [0.25, 0.3) is 0 Å². The van der Waals surface area contributed by atoms with Gasteiger partial charge in [0.15, 0.2) is 11.6 Å². The van der Waals surface area contributed by atoms with Crippen LogP contribution < -0.4 is 5.32 Å². The predicted molar refractivity (Wildman–Crippen MR) is 48.1 cm³/mol. The number of hydrogen-bond acceptors (Lipinski definition) is 3. The summed E-state index contributed by atoms with van der Waals surface area (Å²) in [4.78, 5) is 7.78. The minimum Gasteiger partial charge on any atom is -0.371 e. The van der Waals surface area contributed by atoms with Crippen LogP contribution >= 0.6 is 0 Å². The van der Waals surface area contributed by atoms with Gasteiger partial charge in [-0.15, -0.1) is 0 Å². The zero-order valence-electron chi connectivity index (χ0n) is 7.55. The van der Waals surface area contributed by atoms with E-state index in [0.717, 1.165) is 12.8 Å². The van der Waals surface area contributed by atoms with E-state index < -0.39 is 0 Å². The molecule has 1 aliphatic carbocycles. The van der Waals surface area contributed by atoms with Gasteiger partial charge in [0.25, 0.3) is 0 Å². The second kappa shape index (κ2) is 3.28. The molecule has 1 N–H and O–H groups in total. The molecule has 0 bridgehead atoms. The molecule has 2 rings (SSSR count). The highest BCUT2D eigenvalue weighted by atomic mass is 19.1. The monoisotopic (exact) mass is 181 g/mol. The molecule has 1 aromatic heterocycles. The largest absolute Gasteiger partial charge is 0.371 e. The molecule has 1 heterocycles. The van der Waals surface area contributed by atoms with Gasteiger partial charge >= 0.3 is 0 Å². The Labute approximate surface area is 76.4 Å². The first-order valence-electron chi connectivity index (χ1n) is 4.51. The quantitative estimate of drug-likeness (QED) is 0.757. The fourth-order valence-corrected chi connectivity index (χ4v) is 1.52. The number of halogens is 1. The summed E-state index contributed by atoms with van der Waals surface area (Å²) in [6.07, 6.45) is 4.71. The molecular formula is C9H12FN3. The third kappa shape index (κ3) is 1.36. The van der Waals surface area contributed by atoms with Crippen LogP contribution in [0.3, 0.4) is 0 Å². The molecule has 0 amide bonds. The Hall–Kier alpha value is -1.19. The number of aromatic nitrogens is 2. The Balaban J connectivity index is 2.33. The van der Waals surface area contributed by atoms with Gasteiger partial charge in [-0.3, -0.25) is 0 Å². The minimum atomic E-state index is -0.283. The highest BCUT2D eigenvalue weighted by Gasteiger charge is 2.25. The Morgan fingerprint density at radius 1 is 1.46 bits per heavy atom. The molecule has 4 heteroatoms. The number of hydrogen-bond donors (Lipinski definition) is 1. The van der Waals surface area contributed by atoms with E-state index in [4.69, 9.17) is 0 Å². The summed E-state index contributed by atoms with van der Waals surface area (Å²) in [6.45, 7) is 0. The Bertz CT molecular complexity index is 310. The topological polar surface area (TPSA) is 37.8 Å².